The van der Waals surface area contributed by atoms with Crippen LogP contribution in [0.5, 0.6) is 0 Å². The smallest absolute Gasteiger partial charge is 0.117 e. The fourth-order valence-electron chi connectivity index (χ4n) is 3.06. The molecule has 2 aromatic rings. The van der Waals surface area contributed by atoms with Crippen LogP contribution in [0.15, 0.2) is 60.7 Å². The molecule has 0 aliphatic carbocycles. The number of rotatable bonds is 10. The molecule has 130 valence electrons. The first kappa shape index (κ1) is 18.6. The fraction of sp³-hybridized carbons (Fsp3) is 0.429. The van der Waals surface area contributed by atoms with Crippen LogP contribution in [0, 0.1) is 0 Å². The van der Waals surface area contributed by atoms with Crippen LogP contribution < -0.4 is 0 Å². The van der Waals surface area contributed by atoms with E-state index in [4.69, 9.17) is 0 Å². The number of halogens is 1. The molecule has 0 aliphatic heterocycles. The largest absolute Gasteiger partial charge is 0.389 e. The molecule has 0 radical (unpaired) electrons. The van der Waals surface area contributed by atoms with Crippen LogP contribution in [0.25, 0.3) is 0 Å². The van der Waals surface area contributed by atoms with E-state index in [1.54, 1.807) is 0 Å². The quantitative estimate of drug-likeness (QED) is 0.690. The minimum Gasteiger partial charge on any atom is -0.389 e. The van der Waals surface area contributed by atoms with Gasteiger partial charge < -0.3 is 5.11 Å². The summed E-state index contributed by atoms with van der Waals surface area (Å²) in [6.07, 6.45) is 1.90. The zero-order valence-corrected chi connectivity index (χ0v) is 14.4. The average molecular weight is 329 g/mol. The molecule has 0 amide bonds. The molecule has 2 atom stereocenters. The number of aliphatic hydroxyl groups excluding tert-OH is 1. The summed E-state index contributed by atoms with van der Waals surface area (Å²) in [7, 11) is 0. The Morgan fingerprint density at radius 3 is 1.83 bits per heavy atom. The minimum absolute atomic E-state index is 0.171. The summed E-state index contributed by atoms with van der Waals surface area (Å²) in [5.41, 5.74) is 2.36. The van der Waals surface area contributed by atoms with Gasteiger partial charge in [-0.15, -0.1) is 0 Å². The number of hydrogen-bond acceptors (Lipinski definition) is 2. The van der Waals surface area contributed by atoms with Crippen molar-refractivity contribution in [3.05, 3.63) is 71.8 Å². The lowest BCUT2D eigenvalue weighted by atomic mass is 10.0. The van der Waals surface area contributed by atoms with Gasteiger partial charge in [0.05, 0.1) is 6.10 Å². The van der Waals surface area contributed by atoms with Crippen molar-refractivity contribution >= 4 is 0 Å². The zero-order valence-electron chi connectivity index (χ0n) is 14.4. The number of benzene rings is 2. The summed E-state index contributed by atoms with van der Waals surface area (Å²) < 4.78 is 13.2. The van der Waals surface area contributed by atoms with Gasteiger partial charge in [-0.1, -0.05) is 80.4 Å². The highest BCUT2D eigenvalue weighted by Gasteiger charge is 2.26. The maximum atomic E-state index is 13.2. The molecule has 24 heavy (non-hydrogen) atoms. The molecule has 1 N–H and O–H groups in total. The van der Waals surface area contributed by atoms with Crippen molar-refractivity contribution in [2.24, 2.45) is 0 Å². The van der Waals surface area contributed by atoms with Gasteiger partial charge in [-0.05, 0) is 17.5 Å². The van der Waals surface area contributed by atoms with Gasteiger partial charge in [0.1, 0.15) is 6.67 Å². The Morgan fingerprint density at radius 2 is 1.42 bits per heavy atom. The van der Waals surface area contributed by atoms with Crippen LogP contribution in [-0.2, 0) is 13.1 Å². The van der Waals surface area contributed by atoms with Crippen molar-refractivity contribution in [3.8, 4) is 0 Å². The van der Waals surface area contributed by atoms with Gasteiger partial charge >= 0.3 is 0 Å². The van der Waals surface area contributed by atoms with Crippen molar-refractivity contribution in [2.45, 2.75) is 51.4 Å². The van der Waals surface area contributed by atoms with E-state index in [1.165, 1.54) is 11.1 Å². The molecule has 0 heterocycles. The van der Waals surface area contributed by atoms with Gasteiger partial charge in [-0.2, -0.15) is 0 Å². The van der Waals surface area contributed by atoms with E-state index in [1.807, 2.05) is 36.4 Å². The normalized spacial score (nSPS) is 13.8. The van der Waals surface area contributed by atoms with E-state index in [0.717, 1.165) is 19.3 Å². The fourth-order valence-corrected chi connectivity index (χ4v) is 3.06. The standard InChI is InChI=1S/C21H28FNO/c1-2-3-14-20(21(24)15-22)23(16-18-10-6-4-7-11-18)17-19-12-8-5-9-13-19/h4-13,20-21,24H,2-3,14-17H2,1H3/t20-,21-/m1/s1. The Morgan fingerprint density at radius 1 is 0.917 bits per heavy atom. The molecular formula is C21H28FNO. The molecule has 3 heteroatoms. The van der Waals surface area contributed by atoms with Crippen LogP contribution >= 0.6 is 0 Å². The number of alkyl halides is 1. The average Bonchev–Trinajstić information content (AvgIpc) is 2.63. The third kappa shape index (κ3) is 5.73. The van der Waals surface area contributed by atoms with Gasteiger partial charge in [-0.25, -0.2) is 4.39 Å². The summed E-state index contributed by atoms with van der Waals surface area (Å²) in [4.78, 5) is 2.21. The maximum Gasteiger partial charge on any atom is 0.117 e. The molecular weight excluding hydrogens is 301 g/mol. The Labute approximate surface area is 144 Å². The Balaban J connectivity index is 2.21. The second-order valence-electron chi connectivity index (χ2n) is 6.31. The predicted octanol–water partition coefficient (Wildman–Crippen LogP) is 4.58. The van der Waals surface area contributed by atoms with Crippen LogP contribution in [0.3, 0.4) is 0 Å². The van der Waals surface area contributed by atoms with E-state index < -0.39 is 12.8 Å². The third-order valence-electron chi connectivity index (χ3n) is 4.38. The van der Waals surface area contributed by atoms with Crippen molar-refractivity contribution in [1.29, 1.82) is 0 Å². The lowest BCUT2D eigenvalue weighted by Gasteiger charge is -2.34. The van der Waals surface area contributed by atoms with Gasteiger partial charge in [0.25, 0.3) is 0 Å². The predicted molar refractivity (Wildman–Crippen MR) is 97.4 cm³/mol. The molecule has 0 saturated carbocycles. The topological polar surface area (TPSA) is 23.5 Å². The summed E-state index contributed by atoms with van der Waals surface area (Å²) in [5, 5.41) is 10.3. The molecule has 2 nitrogen and oxygen atoms in total. The van der Waals surface area contributed by atoms with E-state index in [0.29, 0.717) is 13.1 Å². The van der Waals surface area contributed by atoms with Crippen molar-refractivity contribution in [2.75, 3.05) is 6.67 Å². The molecule has 0 bridgehead atoms. The van der Waals surface area contributed by atoms with Gasteiger partial charge in [0.2, 0.25) is 0 Å². The van der Waals surface area contributed by atoms with Gasteiger partial charge in [0, 0.05) is 19.1 Å². The summed E-state index contributed by atoms with van der Waals surface area (Å²) in [6, 6.07) is 20.2. The molecule has 0 fully saturated rings. The number of aliphatic hydroxyl groups is 1. The first-order valence-corrected chi connectivity index (χ1v) is 8.80. The third-order valence-corrected chi connectivity index (χ3v) is 4.38. The maximum absolute atomic E-state index is 13.2. The molecule has 0 aliphatic rings. The molecule has 0 saturated heterocycles. The summed E-state index contributed by atoms with van der Waals surface area (Å²) >= 11 is 0. The summed E-state index contributed by atoms with van der Waals surface area (Å²) in [6.45, 7) is 2.84. The number of nitrogens with zero attached hydrogens (tertiary/aromatic N) is 1. The van der Waals surface area contributed by atoms with Crippen LogP contribution in [0.2, 0.25) is 0 Å². The highest BCUT2D eigenvalue weighted by atomic mass is 19.1. The Hall–Kier alpha value is -1.71. The first-order chi connectivity index (χ1) is 11.7. The molecule has 0 spiro atoms. The number of unbranched alkanes of at least 4 members (excludes halogenated alkanes) is 1. The van der Waals surface area contributed by atoms with Crippen LogP contribution in [0.4, 0.5) is 4.39 Å². The second-order valence-corrected chi connectivity index (χ2v) is 6.31. The number of hydrogen-bond donors (Lipinski definition) is 1. The lowest BCUT2D eigenvalue weighted by Crippen LogP contribution is -2.44. The van der Waals surface area contributed by atoms with Gasteiger partial charge in [-0.3, -0.25) is 4.90 Å². The van der Waals surface area contributed by atoms with Crippen molar-refractivity contribution in [3.63, 3.8) is 0 Å². The van der Waals surface area contributed by atoms with Crippen molar-refractivity contribution < 1.29 is 9.50 Å². The highest BCUT2D eigenvalue weighted by Crippen LogP contribution is 2.20. The monoisotopic (exact) mass is 329 g/mol. The summed E-state index contributed by atoms with van der Waals surface area (Å²) in [5.74, 6) is 0. The zero-order chi connectivity index (χ0) is 17.2. The van der Waals surface area contributed by atoms with Gasteiger partial charge in [0.15, 0.2) is 0 Å². The molecule has 2 aromatic carbocycles. The Kier molecular flexibility index (Phi) is 7.93. The highest BCUT2D eigenvalue weighted by molar-refractivity contribution is 5.17. The van der Waals surface area contributed by atoms with E-state index in [9.17, 15) is 9.50 Å². The van der Waals surface area contributed by atoms with Crippen molar-refractivity contribution in [1.82, 2.24) is 4.90 Å². The van der Waals surface area contributed by atoms with E-state index in [-0.39, 0.29) is 6.04 Å². The molecule has 0 unspecified atom stereocenters. The lowest BCUT2D eigenvalue weighted by molar-refractivity contribution is 0.0188. The first-order valence-electron chi connectivity index (χ1n) is 8.80. The van der Waals surface area contributed by atoms with Crippen LogP contribution in [-0.4, -0.2) is 28.8 Å². The van der Waals surface area contributed by atoms with Crippen LogP contribution in [0.1, 0.15) is 37.3 Å². The molecule has 0 aromatic heterocycles. The minimum atomic E-state index is -0.941. The van der Waals surface area contributed by atoms with E-state index in [2.05, 4.69) is 36.1 Å². The second kappa shape index (κ2) is 10.2. The Bertz CT molecular complexity index is 519. The SMILES string of the molecule is CCCC[C@H]([C@H](O)CF)N(Cc1ccccc1)Cc1ccccc1. The molecule has 2 rings (SSSR count). The van der Waals surface area contributed by atoms with E-state index >= 15 is 0 Å².